The van der Waals surface area contributed by atoms with E-state index in [1.54, 1.807) is 0 Å². The summed E-state index contributed by atoms with van der Waals surface area (Å²) in [5.74, 6) is 0.139. The van der Waals surface area contributed by atoms with E-state index < -0.39 is 0 Å². The summed E-state index contributed by atoms with van der Waals surface area (Å²) in [5.41, 5.74) is -0.267. The van der Waals surface area contributed by atoms with Gasteiger partial charge >= 0.3 is 0 Å². The fourth-order valence-electron chi connectivity index (χ4n) is 1.14. The van der Waals surface area contributed by atoms with Gasteiger partial charge in [-0.25, -0.2) is 0 Å². The van der Waals surface area contributed by atoms with Crippen LogP contribution >= 0.6 is 0 Å². The van der Waals surface area contributed by atoms with Gasteiger partial charge in [0.05, 0.1) is 5.41 Å². The number of nitrogens with one attached hydrogen (secondary N) is 2. The van der Waals surface area contributed by atoms with Crippen molar-refractivity contribution in [3.63, 3.8) is 0 Å². The SMILES string of the molecule is CC1(C)CNC(=O)C(C)(C)CN1. The lowest BCUT2D eigenvalue weighted by Crippen LogP contribution is -2.45. The van der Waals surface area contributed by atoms with Crippen molar-refractivity contribution in [1.82, 2.24) is 10.6 Å². The molecular formula is C9H18N2O. The number of hydrogen-bond acceptors (Lipinski definition) is 2. The van der Waals surface area contributed by atoms with Crippen LogP contribution in [0.1, 0.15) is 27.7 Å². The van der Waals surface area contributed by atoms with Crippen LogP contribution in [-0.4, -0.2) is 24.5 Å². The molecule has 70 valence electrons. The molecule has 0 aromatic heterocycles. The molecular weight excluding hydrogens is 152 g/mol. The molecule has 12 heavy (non-hydrogen) atoms. The summed E-state index contributed by atoms with van der Waals surface area (Å²) < 4.78 is 0. The van der Waals surface area contributed by atoms with Gasteiger partial charge in [0.25, 0.3) is 0 Å². The Kier molecular flexibility index (Phi) is 2.17. The fourth-order valence-corrected chi connectivity index (χ4v) is 1.14. The van der Waals surface area contributed by atoms with Crippen LogP contribution in [0.5, 0.6) is 0 Å². The zero-order valence-corrected chi connectivity index (χ0v) is 8.32. The molecule has 0 aromatic carbocycles. The minimum atomic E-state index is -0.284. The van der Waals surface area contributed by atoms with E-state index in [1.807, 2.05) is 13.8 Å². The molecule has 1 rings (SSSR count). The quantitative estimate of drug-likeness (QED) is 0.556. The van der Waals surface area contributed by atoms with E-state index in [1.165, 1.54) is 0 Å². The van der Waals surface area contributed by atoms with Crippen molar-refractivity contribution in [2.45, 2.75) is 33.2 Å². The lowest BCUT2D eigenvalue weighted by atomic mass is 9.92. The van der Waals surface area contributed by atoms with Crippen LogP contribution < -0.4 is 10.6 Å². The highest BCUT2D eigenvalue weighted by Crippen LogP contribution is 2.18. The second-order valence-electron chi connectivity index (χ2n) is 4.80. The lowest BCUT2D eigenvalue weighted by molar-refractivity contribution is -0.128. The first-order valence-electron chi connectivity index (χ1n) is 4.37. The van der Waals surface area contributed by atoms with Crippen molar-refractivity contribution in [1.29, 1.82) is 0 Å². The molecule has 0 atom stereocenters. The summed E-state index contributed by atoms with van der Waals surface area (Å²) in [6.45, 7) is 9.54. The predicted octanol–water partition coefficient (Wildman–Crippen LogP) is 0.511. The van der Waals surface area contributed by atoms with Crippen LogP contribution in [0.25, 0.3) is 0 Å². The second kappa shape index (κ2) is 2.73. The van der Waals surface area contributed by atoms with Crippen molar-refractivity contribution in [2.24, 2.45) is 5.41 Å². The van der Waals surface area contributed by atoms with Gasteiger partial charge < -0.3 is 10.6 Å². The Labute approximate surface area is 73.9 Å². The molecule has 3 nitrogen and oxygen atoms in total. The molecule has 1 saturated heterocycles. The molecule has 0 spiro atoms. The van der Waals surface area contributed by atoms with Gasteiger partial charge in [-0.3, -0.25) is 4.79 Å². The standard InChI is InChI=1S/C9H18N2O/c1-8(2)5-11-9(3,4)6-10-7(8)12/h11H,5-6H2,1-4H3,(H,10,12). The Morgan fingerprint density at radius 1 is 1.17 bits per heavy atom. The Bertz CT molecular complexity index is 197. The van der Waals surface area contributed by atoms with Crippen LogP contribution in [-0.2, 0) is 4.79 Å². The van der Waals surface area contributed by atoms with Crippen LogP contribution in [0.4, 0.5) is 0 Å². The van der Waals surface area contributed by atoms with Crippen molar-refractivity contribution in [3.8, 4) is 0 Å². The lowest BCUT2D eigenvalue weighted by Gasteiger charge is -2.24. The van der Waals surface area contributed by atoms with E-state index in [0.29, 0.717) is 6.54 Å². The first kappa shape index (κ1) is 9.52. The molecule has 0 saturated carbocycles. The molecule has 1 aliphatic rings. The van der Waals surface area contributed by atoms with Crippen molar-refractivity contribution in [2.75, 3.05) is 13.1 Å². The van der Waals surface area contributed by atoms with E-state index >= 15 is 0 Å². The summed E-state index contributed by atoms with van der Waals surface area (Å²) in [4.78, 5) is 11.5. The highest BCUT2D eigenvalue weighted by molar-refractivity contribution is 5.82. The van der Waals surface area contributed by atoms with Crippen molar-refractivity contribution in [3.05, 3.63) is 0 Å². The zero-order valence-electron chi connectivity index (χ0n) is 8.32. The summed E-state index contributed by atoms with van der Waals surface area (Å²) in [6.07, 6.45) is 0. The maximum atomic E-state index is 11.5. The van der Waals surface area contributed by atoms with Crippen molar-refractivity contribution < 1.29 is 4.79 Å². The summed E-state index contributed by atoms with van der Waals surface area (Å²) >= 11 is 0. The highest BCUT2D eigenvalue weighted by Gasteiger charge is 2.34. The number of carbonyl (C=O) groups is 1. The minimum Gasteiger partial charge on any atom is -0.354 e. The molecule has 2 N–H and O–H groups in total. The van der Waals surface area contributed by atoms with E-state index in [2.05, 4.69) is 24.5 Å². The Balaban J connectivity index is 2.73. The molecule has 0 radical (unpaired) electrons. The maximum Gasteiger partial charge on any atom is 0.227 e. The molecule has 0 aliphatic carbocycles. The Hall–Kier alpha value is -0.570. The molecule has 1 amide bonds. The third-order valence-corrected chi connectivity index (χ3v) is 2.31. The van der Waals surface area contributed by atoms with Crippen LogP contribution in [0, 0.1) is 5.41 Å². The fraction of sp³-hybridized carbons (Fsp3) is 0.889. The number of rotatable bonds is 0. The topological polar surface area (TPSA) is 41.1 Å². The first-order chi connectivity index (χ1) is 5.33. The van der Waals surface area contributed by atoms with Gasteiger partial charge in [-0.2, -0.15) is 0 Å². The average molecular weight is 170 g/mol. The van der Waals surface area contributed by atoms with E-state index in [4.69, 9.17) is 0 Å². The monoisotopic (exact) mass is 170 g/mol. The smallest absolute Gasteiger partial charge is 0.227 e. The third-order valence-electron chi connectivity index (χ3n) is 2.31. The second-order valence-corrected chi connectivity index (χ2v) is 4.80. The van der Waals surface area contributed by atoms with Gasteiger partial charge in [-0.15, -0.1) is 0 Å². The zero-order chi connectivity index (χ0) is 9.41. The minimum absolute atomic E-state index is 0.0173. The number of hydrogen-bond donors (Lipinski definition) is 2. The largest absolute Gasteiger partial charge is 0.354 e. The number of carbonyl (C=O) groups excluding carboxylic acids is 1. The highest BCUT2D eigenvalue weighted by atomic mass is 16.2. The van der Waals surface area contributed by atoms with E-state index in [9.17, 15) is 4.79 Å². The molecule has 1 aliphatic heterocycles. The number of amides is 1. The Morgan fingerprint density at radius 3 is 2.33 bits per heavy atom. The maximum absolute atomic E-state index is 11.5. The molecule has 1 heterocycles. The van der Waals surface area contributed by atoms with Gasteiger partial charge in [-0.05, 0) is 27.7 Å². The molecule has 0 bridgehead atoms. The summed E-state index contributed by atoms with van der Waals surface area (Å²) in [7, 11) is 0. The molecule has 3 heteroatoms. The normalized spacial score (nSPS) is 27.5. The molecule has 0 unspecified atom stereocenters. The van der Waals surface area contributed by atoms with Crippen LogP contribution in [0.15, 0.2) is 0 Å². The third kappa shape index (κ3) is 1.97. The Morgan fingerprint density at radius 2 is 1.75 bits per heavy atom. The molecule has 0 aromatic rings. The van der Waals surface area contributed by atoms with E-state index in [0.717, 1.165) is 6.54 Å². The molecule has 1 fully saturated rings. The summed E-state index contributed by atoms with van der Waals surface area (Å²) in [5, 5.41) is 6.28. The predicted molar refractivity (Wildman–Crippen MR) is 48.9 cm³/mol. The van der Waals surface area contributed by atoms with Crippen LogP contribution in [0.2, 0.25) is 0 Å². The van der Waals surface area contributed by atoms with Crippen molar-refractivity contribution >= 4 is 5.91 Å². The van der Waals surface area contributed by atoms with Crippen LogP contribution in [0.3, 0.4) is 0 Å². The van der Waals surface area contributed by atoms with Gasteiger partial charge in [0, 0.05) is 18.6 Å². The van der Waals surface area contributed by atoms with Gasteiger partial charge in [0.2, 0.25) is 5.91 Å². The van der Waals surface area contributed by atoms with Gasteiger partial charge in [0.1, 0.15) is 0 Å². The first-order valence-corrected chi connectivity index (χ1v) is 4.37. The van der Waals surface area contributed by atoms with Gasteiger partial charge in [0.15, 0.2) is 0 Å². The summed E-state index contributed by atoms with van der Waals surface area (Å²) in [6, 6.07) is 0. The average Bonchev–Trinajstić information content (AvgIpc) is 2.03. The van der Waals surface area contributed by atoms with Gasteiger partial charge in [-0.1, -0.05) is 0 Å². The van der Waals surface area contributed by atoms with E-state index in [-0.39, 0.29) is 16.9 Å².